The van der Waals surface area contributed by atoms with Crippen molar-refractivity contribution >= 4 is 23.4 Å². The predicted molar refractivity (Wildman–Crippen MR) is 87.8 cm³/mol. The van der Waals surface area contributed by atoms with Crippen LogP contribution < -0.4 is 5.73 Å². The highest BCUT2D eigenvalue weighted by Gasteiger charge is 2.58. The average Bonchev–Trinajstić information content (AvgIpc) is 2.95. The quantitative estimate of drug-likeness (QED) is 0.461. The van der Waals surface area contributed by atoms with Crippen LogP contribution in [0, 0.1) is 22.7 Å². The number of carbonyl (C=O) groups excluding carboxylic acids is 1. The lowest BCUT2D eigenvalue weighted by Crippen LogP contribution is -2.32. The van der Waals surface area contributed by atoms with E-state index in [1.54, 1.807) is 12.1 Å². The number of nitriles is 2. The van der Waals surface area contributed by atoms with Crippen molar-refractivity contribution in [2.75, 3.05) is 12.8 Å². The summed E-state index contributed by atoms with van der Waals surface area (Å²) in [5, 5.41) is 13.3. The molecule has 0 aliphatic carbocycles. The fourth-order valence-electron chi connectivity index (χ4n) is 2.22. The number of thioether (sulfide) groups is 1. The molecular weight excluding hydrogens is 407 g/mol. The molecule has 0 saturated carbocycles. The molecule has 2 rings (SSSR count). The first-order valence-electron chi connectivity index (χ1n) is 7.14. The highest BCUT2D eigenvalue weighted by Crippen LogP contribution is 2.48. The van der Waals surface area contributed by atoms with Crippen molar-refractivity contribution in [3.05, 3.63) is 41.2 Å². The zero-order valence-electron chi connectivity index (χ0n) is 13.8. The molecule has 0 aliphatic heterocycles. The second-order valence-electron chi connectivity index (χ2n) is 5.16. The Morgan fingerprint density at radius 2 is 1.86 bits per heavy atom. The summed E-state index contributed by atoms with van der Waals surface area (Å²) in [5.74, 6) is -0.999. The largest absolute Gasteiger partial charge is 0.464 e. The van der Waals surface area contributed by atoms with Gasteiger partial charge in [0.05, 0.1) is 29.6 Å². The number of alkyl halides is 5. The van der Waals surface area contributed by atoms with E-state index in [1.807, 2.05) is 0 Å². The molecule has 1 aromatic heterocycles. The number of rotatable bonds is 4. The molecule has 0 unspecified atom stereocenters. The van der Waals surface area contributed by atoms with Gasteiger partial charge in [-0.25, -0.2) is 4.79 Å². The topological polar surface area (TPSA) is 105 Å². The number of halogens is 5. The molecule has 1 aromatic carbocycles. The van der Waals surface area contributed by atoms with Crippen LogP contribution in [0.25, 0.3) is 5.69 Å². The number of nitrogen functional groups attached to an aromatic ring is 1. The number of methoxy groups -OCH3 is 1. The SMILES string of the molecule is COC(=O)c1c(N)c(C#N)cn1-c1cccc(SC(F)(F)C(F)(F)F)c1C#N. The number of anilines is 1. The Kier molecular flexibility index (Phi) is 5.57. The first-order valence-corrected chi connectivity index (χ1v) is 7.96. The van der Waals surface area contributed by atoms with E-state index in [4.69, 9.17) is 11.0 Å². The number of carbonyl (C=O) groups is 1. The van der Waals surface area contributed by atoms with E-state index in [-0.39, 0.29) is 22.6 Å². The smallest absolute Gasteiger partial charge is 0.464 e. The average molecular weight is 416 g/mol. The van der Waals surface area contributed by atoms with Gasteiger partial charge in [0, 0.05) is 11.1 Å². The summed E-state index contributed by atoms with van der Waals surface area (Å²) >= 11 is -0.857. The van der Waals surface area contributed by atoms with Gasteiger partial charge in [0.2, 0.25) is 0 Å². The van der Waals surface area contributed by atoms with E-state index in [1.165, 1.54) is 6.07 Å². The molecule has 0 fully saturated rings. The van der Waals surface area contributed by atoms with Gasteiger partial charge < -0.3 is 15.0 Å². The fourth-order valence-corrected chi connectivity index (χ4v) is 3.01. The molecule has 12 heteroatoms. The second kappa shape index (κ2) is 7.40. The number of esters is 1. The van der Waals surface area contributed by atoms with Gasteiger partial charge in [-0.3, -0.25) is 0 Å². The van der Waals surface area contributed by atoms with Crippen molar-refractivity contribution in [2.24, 2.45) is 0 Å². The first kappa shape index (κ1) is 21.1. The van der Waals surface area contributed by atoms with E-state index in [2.05, 4.69) is 4.74 Å². The highest BCUT2D eigenvalue weighted by atomic mass is 32.2. The molecule has 0 saturated heterocycles. The molecule has 146 valence electrons. The van der Waals surface area contributed by atoms with E-state index in [9.17, 15) is 32.0 Å². The summed E-state index contributed by atoms with van der Waals surface area (Å²) in [7, 11) is 1.02. The molecule has 0 aliphatic rings. The van der Waals surface area contributed by atoms with Gasteiger partial charge in [0.25, 0.3) is 0 Å². The molecule has 0 spiro atoms. The van der Waals surface area contributed by atoms with E-state index < -0.39 is 39.6 Å². The van der Waals surface area contributed by atoms with E-state index in [0.717, 1.165) is 30.0 Å². The van der Waals surface area contributed by atoms with Gasteiger partial charge in [-0.2, -0.15) is 32.5 Å². The molecular formula is C16H9F5N4O2S. The zero-order valence-corrected chi connectivity index (χ0v) is 14.7. The third kappa shape index (κ3) is 3.59. The molecule has 0 bridgehead atoms. The summed E-state index contributed by atoms with van der Waals surface area (Å²) in [4.78, 5) is 11.3. The van der Waals surface area contributed by atoms with Crippen molar-refractivity contribution < 1.29 is 31.5 Å². The number of hydrogen-bond acceptors (Lipinski definition) is 6. The maximum Gasteiger partial charge on any atom is 0.464 e. The summed E-state index contributed by atoms with van der Waals surface area (Å²) in [6.45, 7) is 0. The third-order valence-corrected chi connectivity index (χ3v) is 4.54. The Hall–Kier alpha value is -3.25. The summed E-state index contributed by atoms with van der Waals surface area (Å²) in [5.41, 5.74) is 4.08. The standard InChI is InChI=1S/C16H9F5N4O2S/c1-27-14(26)13-12(24)8(5-22)7-25(13)10-3-2-4-11(9(10)6-23)28-16(20,21)15(17,18)19/h2-4,7H,24H2,1H3. The normalized spacial score (nSPS) is 11.6. The number of ether oxygens (including phenoxy) is 1. The van der Waals surface area contributed by atoms with Crippen molar-refractivity contribution in [3.8, 4) is 17.8 Å². The number of benzene rings is 1. The number of hydrogen-bond donors (Lipinski definition) is 1. The number of nitrogens with two attached hydrogens (primary N) is 1. The molecule has 0 amide bonds. The molecule has 2 aromatic rings. The molecule has 0 atom stereocenters. The lowest BCUT2D eigenvalue weighted by Gasteiger charge is -2.20. The van der Waals surface area contributed by atoms with Crippen LogP contribution in [-0.2, 0) is 4.74 Å². The van der Waals surface area contributed by atoms with Gasteiger partial charge in [0.1, 0.15) is 12.1 Å². The molecule has 6 nitrogen and oxygen atoms in total. The minimum atomic E-state index is -5.84. The minimum absolute atomic E-state index is 0.178. The Morgan fingerprint density at radius 3 is 2.36 bits per heavy atom. The minimum Gasteiger partial charge on any atom is -0.464 e. The number of nitrogens with zero attached hydrogens (tertiary/aromatic N) is 3. The van der Waals surface area contributed by atoms with E-state index in [0.29, 0.717) is 0 Å². The van der Waals surface area contributed by atoms with Gasteiger partial charge in [-0.05, 0) is 23.9 Å². The lowest BCUT2D eigenvalue weighted by atomic mass is 10.2. The second-order valence-corrected chi connectivity index (χ2v) is 6.31. The number of aromatic nitrogens is 1. The van der Waals surface area contributed by atoms with Crippen LogP contribution in [0.3, 0.4) is 0 Å². The molecule has 2 N–H and O–H groups in total. The van der Waals surface area contributed by atoms with Gasteiger partial charge in [-0.1, -0.05) is 6.07 Å². The van der Waals surface area contributed by atoms with Crippen LogP contribution in [0.1, 0.15) is 21.6 Å². The zero-order chi connectivity index (χ0) is 21.3. The van der Waals surface area contributed by atoms with Crippen LogP contribution in [0.4, 0.5) is 27.6 Å². The highest BCUT2D eigenvalue weighted by molar-refractivity contribution is 8.00. The Balaban J connectivity index is 2.72. The van der Waals surface area contributed by atoms with Gasteiger partial charge >= 0.3 is 17.4 Å². The Bertz CT molecular complexity index is 1020. The maximum absolute atomic E-state index is 13.4. The lowest BCUT2D eigenvalue weighted by molar-refractivity contribution is -0.237. The van der Waals surface area contributed by atoms with Crippen LogP contribution in [0.2, 0.25) is 0 Å². The fraction of sp³-hybridized carbons (Fsp3) is 0.188. The molecule has 1 heterocycles. The first-order chi connectivity index (χ1) is 13.0. The van der Waals surface area contributed by atoms with Crippen molar-refractivity contribution in [3.63, 3.8) is 0 Å². The van der Waals surface area contributed by atoms with Crippen molar-refractivity contribution in [2.45, 2.75) is 16.3 Å². The molecule has 0 radical (unpaired) electrons. The maximum atomic E-state index is 13.4. The third-order valence-electron chi connectivity index (χ3n) is 3.49. The molecule has 28 heavy (non-hydrogen) atoms. The van der Waals surface area contributed by atoms with Crippen molar-refractivity contribution in [1.29, 1.82) is 10.5 Å². The van der Waals surface area contributed by atoms with Crippen LogP contribution in [-0.4, -0.2) is 29.1 Å². The predicted octanol–water partition coefficient (Wildman–Crippen LogP) is 3.84. The summed E-state index contributed by atoms with van der Waals surface area (Å²) in [6.07, 6.45) is -4.79. The van der Waals surface area contributed by atoms with Crippen LogP contribution in [0.15, 0.2) is 29.3 Å². The summed E-state index contributed by atoms with van der Waals surface area (Å²) in [6, 6.07) is 6.47. The monoisotopic (exact) mass is 416 g/mol. The van der Waals surface area contributed by atoms with E-state index >= 15 is 0 Å². The van der Waals surface area contributed by atoms with Gasteiger partial charge in [-0.15, -0.1) is 0 Å². The van der Waals surface area contributed by atoms with Crippen LogP contribution >= 0.6 is 11.8 Å². The summed E-state index contributed by atoms with van der Waals surface area (Å²) < 4.78 is 69.9. The van der Waals surface area contributed by atoms with Crippen molar-refractivity contribution in [1.82, 2.24) is 4.57 Å². The Morgan fingerprint density at radius 1 is 1.21 bits per heavy atom. The Labute approximate surface area is 158 Å². The van der Waals surface area contributed by atoms with Gasteiger partial charge in [0.15, 0.2) is 5.69 Å². The van der Waals surface area contributed by atoms with Crippen LogP contribution in [0.5, 0.6) is 0 Å².